The van der Waals surface area contributed by atoms with Gasteiger partial charge < -0.3 is 15.2 Å². The van der Waals surface area contributed by atoms with E-state index in [1.54, 1.807) is 6.92 Å². The maximum absolute atomic E-state index is 11.6. The predicted octanol–water partition coefficient (Wildman–Crippen LogP) is -0.0974. The van der Waals surface area contributed by atoms with Gasteiger partial charge in [-0.1, -0.05) is 0 Å². The van der Waals surface area contributed by atoms with Crippen LogP contribution in [0.4, 0.5) is 0 Å². The lowest BCUT2D eigenvalue weighted by molar-refractivity contribution is -0.143. The molecule has 1 amide bonds. The van der Waals surface area contributed by atoms with Gasteiger partial charge in [0.15, 0.2) is 0 Å². The normalized spacial score (nSPS) is 20.0. The summed E-state index contributed by atoms with van der Waals surface area (Å²) in [5, 5.41) is 12.3. The van der Waals surface area contributed by atoms with E-state index >= 15 is 0 Å². The molecule has 0 aromatic heterocycles. The zero-order valence-electron chi connectivity index (χ0n) is 11.6. The van der Waals surface area contributed by atoms with Crippen LogP contribution in [0.25, 0.3) is 0 Å². The summed E-state index contributed by atoms with van der Waals surface area (Å²) in [6.45, 7) is 4.38. The number of β-amino-alcohol motifs (C(OH)–C–C–N with tert-alkyl or cyclic N) is 1. The van der Waals surface area contributed by atoms with Gasteiger partial charge in [-0.25, -0.2) is 0 Å². The first kappa shape index (κ1) is 15.9. The summed E-state index contributed by atoms with van der Waals surface area (Å²) in [6.07, 6.45) is 2.35. The van der Waals surface area contributed by atoms with Crippen LogP contribution in [0.15, 0.2) is 0 Å². The summed E-state index contributed by atoms with van der Waals surface area (Å²) in [6, 6.07) is 0. The molecule has 1 heterocycles. The number of likely N-dealkylation sites (tertiary alicyclic amines) is 1. The number of ether oxygens (including phenoxy) is 1. The highest BCUT2D eigenvalue weighted by Gasteiger charge is 2.19. The van der Waals surface area contributed by atoms with Crippen molar-refractivity contribution in [1.82, 2.24) is 10.2 Å². The number of aliphatic hydroxyl groups excluding tert-OH is 1. The largest absolute Gasteiger partial charge is 0.466 e. The van der Waals surface area contributed by atoms with Crippen molar-refractivity contribution in [3.63, 3.8) is 0 Å². The Labute approximate surface area is 114 Å². The van der Waals surface area contributed by atoms with E-state index in [9.17, 15) is 14.7 Å². The SMILES string of the molecule is CCOC(=O)CCCNC(=O)CN1CCCC(O)C1. The Kier molecular flexibility index (Phi) is 7.43. The quantitative estimate of drug-likeness (QED) is 0.500. The predicted molar refractivity (Wildman–Crippen MR) is 70.6 cm³/mol. The molecular formula is C13H24N2O4. The fourth-order valence-electron chi connectivity index (χ4n) is 2.13. The Bertz CT molecular complexity index is 296. The van der Waals surface area contributed by atoms with Gasteiger partial charge >= 0.3 is 5.97 Å². The van der Waals surface area contributed by atoms with Crippen molar-refractivity contribution >= 4 is 11.9 Å². The van der Waals surface area contributed by atoms with E-state index < -0.39 is 0 Å². The summed E-state index contributed by atoms with van der Waals surface area (Å²) < 4.78 is 4.79. The molecule has 0 spiro atoms. The maximum Gasteiger partial charge on any atom is 0.305 e. The number of esters is 1. The minimum atomic E-state index is -0.314. The number of amides is 1. The van der Waals surface area contributed by atoms with Gasteiger partial charge in [-0.2, -0.15) is 0 Å². The number of hydrogen-bond acceptors (Lipinski definition) is 5. The van der Waals surface area contributed by atoms with Crippen LogP contribution in [0.1, 0.15) is 32.6 Å². The molecule has 0 bridgehead atoms. The van der Waals surface area contributed by atoms with E-state index in [1.807, 2.05) is 4.90 Å². The number of carbonyl (C=O) groups excluding carboxylic acids is 2. The van der Waals surface area contributed by atoms with Crippen molar-refractivity contribution in [3.05, 3.63) is 0 Å². The second-order valence-electron chi connectivity index (χ2n) is 4.79. The van der Waals surface area contributed by atoms with Crippen LogP contribution in [0, 0.1) is 0 Å². The molecule has 0 radical (unpaired) electrons. The zero-order valence-corrected chi connectivity index (χ0v) is 11.6. The second kappa shape index (κ2) is 8.87. The highest BCUT2D eigenvalue weighted by molar-refractivity contribution is 5.78. The molecule has 19 heavy (non-hydrogen) atoms. The topological polar surface area (TPSA) is 78.9 Å². The van der Waals surface area contributed by atoms with Crippen molar-refractivity contribution in [2.24, 2.45) is 0 Å². The number of carbonyl (C=O) groups is 2. The molecule has 0 aromatic carbocycles. The molecule has 1 aliphatic rings. The fraction of sp³-hybridized carbons (Fsp3) is 0.846. The zero-order chi connectivity index (χ0) is 14.1. The van der Waals surface area contributed by atoms with E-state index in [1.165, 1.54) is 0 Å². The molecule has 1 atom stereocenters. The summed E-state index contributed by atoms with van der Waals surface area (Å²) in [7, 11) is 0. The highest BCUT2D eigenvalue weighted by Crippen LogP contribution is 2.08. The molecule has 6 heteroatoms. The van der Waals surface area contributed by atoms with Gasteiger partial charge in [0.2, 0.25) is 5.91 Å². The van der Waals surface area contributed by atoms with Crippen LogP contribution in [0.5, 0.6) is 0 Å². The Hall–Kier alpha value is -1.14. The first-order chi connectivity index (χ1) is 9.11. The first-order valence-corrected chi connectivity index (χ1v) is 6.94. The van der Waals surface area contributed by atoms with Crippen LogP contribution in [0.2, 0.25) is 0 Å². The highest BCUT2D eigenvalue weighted by atomic mass is 16.5. The average molecular weight is 272 g/mol. The second-order valence-corrected chi connectivity index (χ2v) is 4.79. The fourth-order valence-corrected chi connectivity index (χ4v) is 2.13. The molecule has 110 valence electrons. The average Bonchev–Trinajstić information content (AvgIpc) is 2.35. The van der Waals surface area contributed by atoms with Crippen molar-refractivity contribution in [2.45, 2.75) is 38.7 Å². The minimum Gasteiger partial charge on any atom is -0.466 e. The van der Waals surface area contributed by atoms with Crippen LogP contribution in [-0.4, -0.2) is 60.8 Å². The molecule has 1 saturated heterocycles. The maximum atomic E-state index is 11.6. The first-order valence-electron chi connectivity index (χ1n) is 6.94. The molecule has 0 saturated carbocycles. The van der Waals surface area contributed by atoms with Gasteiger partial charge in [-0.05, 0) is 32.7 Å². The van der Waals surface area contributed by atoms with Crippen molar-refractivity contribution < 1.29 is 19.4 Å². The standard InChI is InChI=1S/C13H24N2O4/c1-2-19-13(18)6-3-7-14-12(17)10-15-8-4-5-11(16)9-15/h11,16H,2-10H2,1H3,(H,14,17). The van der Waals surface area contributed by atoms with Crippen molar-refractivity contribution in [3.8, 4) is 0 Å². The molecule has 1 aliphatic heterocycles. The molecule has 6 nitrogen and oxygen atoms in total. The van der Waals surface area contributed by atoms with E-state index in [0.29, 0.717) is 39.1 Å². The number of piperidine rings is 1. The molecule has 1 unspecified atom stereocenters. The molecule has 2 N–H and O–H groups in total. The monoisotopic (exact) mass is 272 g/mol. The number of rotatable bonds is 7. The third kappa shape index (κ3) is 7.12. The number of hydrogen-bond donors (Lipinski definition) is 2. The van der Waals surface area contributed by atoms with Gasteiger partial charge in [-0.3, -0.25) is 14.5 Å². The number of nitrogens with zero attached hydrogens (tertiary/aromatic N) is 1. The lowest BCUT2D eigenvalue weighted by Gasteiger charge is -2.29. The summed E-state index contributed by atoms with van der Waals surface area (Å²) in [5.74, 6) is -0.283. The lowest BCUT2D eigenvalue weighted by atomic mass is 10.1. The van der Waals surface area contributed by atoms with Gasteiger partial charge in [-0.15, -0.1) is 0 Å². The Morgan fingerprint density at radius 3 is 2.95 bits per heavy atom. The van der Waals surface area contributed by atoms with Gasteiger partial charge in [0.05, 0.1) is 19.3 Å². The summed E-state index contributed by atoms with van der Waals surface area (Å²) in [4.78, 5) is 24.7. The van der Waals surface area contributed by atoms with Crippen LogP contribution < -0.4 is 5.32 Å². The third-order valence-corrected chi connectivity index (χ3v) is 3.03. The Morgan fingerprint density at radius 1 is 1.47 bits per heavy atom. The van der Waals surface area contributed by atoms with Gasteiger partial charge in [0.25, 0.3) is 0 Å². The molecule has 1 rings (SSSR count). The third-order valence-electron chi connectivity index (χ3n) is 3.03. The Balaban J connectivity index is 2.06. The summed E-state index contributed by atoms with van der Waals surface area (Å²) in [5.41, 5.74) is 0. The van der Waals surface area contributed by atoms with Crippen molar-refractivity contribution in [2.75, 3.05) is 32.8 Å². The lowest BCUT2D eigenvalue weighted by Crippen LogP contribution is -2.44. The van der Waals surface area contributed by atoms with Crippen LogP contribution in [-0.2, 0) is 14.3 Å². The number of nitrogens with one attached hydrogen (secondary N) is 1. The Morgan fingerprint density at radius 2 is 2.26 bits per heavy atom. The molecule has 0 aromatic rings. The smallest absolute Gasteiger partial charge is 0.305 e. The van der Waals surface area contributed by atoms with Crippen LogP contribution >= 0.6 is 0 Å². The van der Waals surface area contributed by atoms with E-state index in [2.05, 4.69) is 5.32 Å². The van der Waals surface area contributed by atoms with Gasteiger partial charge in [0, 0.05) is 19.5 Å². The van der Waals surface area contributed by atoms with Crippen molar-refractivity contribution in [1.29, 1.82) is 0 Å². The van der Waals surface area contributed by atoms with Gasteiger partial charge in [0.1, 0.15) is 0 Å². The molecular weight excluding hydrogens is 248 g/mol. The molecule has 0 aliphatic carbocycles. The molecule has 1 fully saturated rings. The van der Waals surface area contributed by atoms with E-state index in [0.717, 1.165) is 19.4 Å². The van der Waals surface area contributed by atoms with Crippen LogP contribution in [0.3, 0.4) is 0 Å². The van der Waals surface area contributed by atoms with E-state index in [-0.39, 0.29) is 18.0 Å². The number of aliphatic hydroxyl groups is 1. The minimum absolute atomic E-state index is 0.0574. The van der Waals surface area contributed by atoms with E-state index in [4.69, 9.17) is 4.74 Å². The summed E-state index contributed by atoms with van der Waals surface area (Å²) >= 11 is 0.